The van der Waals surface area contributed by atoms with E-state index in [0.717, 1.165) is 0 Å². The zero-order valence-electron chi connectivity index (χ0n) is 12.9. The number of rotatable bonds is 2. The third-order valence-electron chi connectivity index (χ3n) is 3.59. The average molecular weight is 309 g/mol. The summed E-state index contributed by atoms with van der Waals surface area (Å²) < 4.78 is 18.3. The lowest BCUT2D eigenvalue weighted by Crippen LogP contribution is -2.35. The molecule has 1 saturated heterocycles. The van der Waals surface area contributed by atoms with E-state index in [4.69, 9.17) is 4.74 Å². The van der Waals surface area contributed by atoms with Crippen LogP contribution in [0.5, 0.6) is 0 Å². The largest absolute Gasteiger partial charge is 0.481 e. The molecule has 0 aliphatic carbocycles. The molecule has 6 heteroatoms. The number of carboxylic acid groups (broad SMARTS) is 1. The molecule has 22 heavy (non-hydrogen) atoms. The van der Waals surface area contributed by atoms with E-state index in [1.165, 1.54) is 17.0 Å². The van der Waals surface area contributed by atoms with E-state index in [1.807, 2.05) is 0 Å². The molecule has 2 rings (SSSR count). The number of carbonyl (C=O) groups is 2. The minimum atomic E-state index is -0.972. The molecule has 0 bridgehead atoms. The second kappa shape index (κ2) is 5.94. The van der Waals surface area contributed by atoms with Crippen molar-refractivity contribution in [1.29, 1.82) is 0 Å². The summed E-state index contributed by atoms with van der Waals surface area (Å²) in [7, 11) is 0. The first kappa shape index (κ1) is 16.3. The Labute approximate surface area is 128 Å². The molecule has 1 heterocycles. The summed E-state index contributed by atoms with van der Waals surface area (Å²) in [5.41, 5.74) is 0.0730. The van der Waals surface area contributed by atoms with Crippen LogP contribution in [0.4, 0.5) is 9.18 Å². The van der Waals surface area contributed by atoms with Crippen LogP contribution in [0.1, 0.15) is 32.3 Å². The lowest BCUT2D eigenvalue weighted by atomic mass is 9.89. The molecule has 5 nitrogen and oxygen atoms in total. The number of hydrogen-bond donors (Lipinski definition) is 1. The quantitative estimate of drug-likeness (QED) is 0.912. The van der Waals surface area contributed by atoms with Gasteiger partial charge in [0, 0.05) is 19.0 Å². The SMILES string of the molecule is CC(C)(C)OC(=O)N1CC(C(=O)O)[C@@H](c2ccc(F)cc2)C1. The minimum absolute atomic E-state index is 0.0896. The number of amides is 1. The van der Waals surface area contributed by atoms with Crippen molar-refractivity contribution in [1.82, 2.24) is 4.90 Å². The van der Waals surface area contributed by atoms with Crippen LogP contribution in [-0.2, 0) is 9.53 Å². The molecule has 1 N–H and O–H groups in total. The van der Waals surface area contributed by atoms with Crippen LogP contribution in [0, 0.1) is 11.7 Å². The van der Waals surface area contributed by atoms with Crippen molar-refractivity contribution in [3.63, 3.8) is 0 Å². The molecular formula is C16H20FNO4. The van der Waals surface area contributed by atoms with Crippen molar-refractivity contribution in [2.75, 3.05) is 13.1 Å². The van der Waals surface area contributed by atoms with Crippen LogP contribution < -0.4 is 0 Å². The Morgan fingerprint density at radius 1 is 1.23 bits per heavy atom. The van der Waals surface area contributed by atoms with Crippen LogP contribution in [-0.4, -0.2) is 40.8 Å². The van der Waals surface area contributed by atoms with Crippen LogP contribution >= 0.6 is 0 Å². The maximum atomic E-state index is 13.0. The van der Waals surface area contributed by atoms with Gasteiger partial charge in [0.1, 0.15) is 11.4 Å². The molecule has 0 spiro atoms. The molecule has 1 aliphatic rings. The summed E-state index contributed by atoms with van der Waals surface area (Å²) in [6.45, 7) is 5.61. The average Bonchev–Trinajstić information content (AvgIpc) is 2.83. The molecule has 1 aromatic rings. The molecule has 1 aliphatic heterocycles. The van der Waals surface area contributed by atoms with Crippen LogP contribution in [0.2, 0.25) is 0 Å². The van der Waals surface area contributed by atoms with Crippen LogP contribution in [0.3, 0.4) is 0 Å². The highest BCUT2D eigenvalue weighted by atomic mass is 19.1. The Hall–Kier alpha value is -2.11. The molecule has 120 valence electrons. The fraction of sp³-hybridized carbons (Fsp3) is 0.500. The fourth-order valence-corrected chi connectivity index (χ4v) is 2.58. The number of hydrogen-bond acceptors (Lipinski definition) is 3. The molecule has 0 saturated carbocycles. The number of aliphatic carboxylic acids is 1. The second-order valence-electron chi connectivity index (χ2n) is 6.49. The van der Waals surface area contributed by atoms with Gasteiger partial charge in [-0.25, -0.2) is 9.18 Å². The van der Waals surface area contributed by atoms with Crippen LogP contribution in [0.25, 0.3) is 0 Å². The Morgan fingerprint density at radius 3 is 2.32 bits per heavy atom. The van der Waals surface area contributed by atoms with Crippen molar-refractivity contribution >= 4 is 12.1 Å². The Kier molecular flexibility index (Phi) is 4.39. The van der Waals surface area contributed by atoms with E-state index in [1.54, 1.807) is 32.9 Å². The van der Waals surface area contributed by atoms with Crippen LogP contribution in [0.15, 0.2) is 24.3 Å². The van der Waals surface area contributed by atoms with Crippen molar-refractivity contribution in [3.05, 3.63) is 35.6 Å². The van der Waals surface area contributed by atoms with Gasteiger partial charge >= 0.3 is 12.1 Å². The molecule has 1 aromatic carbocycles. The van der Waals surface area contributed by atoms with Crippen molar-refractivity contribution in [2.45, 2.75) is 32.3 Å². The first-order valence-corrected chi connectivity index (χ1v) is 7.13. The predicted molar refractivity (Wildman–Crippen MR) is 78.1 cm³/mol. The zero-order valence-corrected chi connectivity index (χ0v) is 12.9. The minimum Gasteiger partial charge on any atom is -0.481 e. The number of ether oxygens (including phenoxy) is 1. The standard InChI is InChI=1S/C16H20FNO4/c1-16(2,3)22-15(21)18-8-12(13(9-18)14(19)20)10-4-6-11(17)7-5-10/h4-7,12-13H,8-9H2,1-3H3,(H,19,20)/t12-,13?/m1/s1. The highest BCUT2D eigenvalue weighted by molar-refractivity contribution is 5.75. The number of carbonyl (C=O) groups excluding carboxylic acids is 1. The predicted octanol–water partition coefficient (Wildman–Crippen LogP) is 2.86. The highest BCUT2D eigenvalue weighted by Gasteiger charge is 2.41. The number of likely N-dealkylation sites (tertiary alicyclic amines) is 1. The van der Waals surface area contributed by atoms with Gasteiger partial charge in [0.05, 0.1) is 5.92 Å². The van der Waals surface area contributed by atoms with E-state index >= 15 is 0 Å². The van der Waals surface area contributed by atoms with Gasteiger partial charge < -0.3 is 14.7 Å². The number of halogens is 1. The van der Waals surface area contributed by atoms with E-state index in [0.29, 0.717) is 5.56 Å². The molecule has 1 unspecified atom stereocenters. The fourth-order valence-electron chi connectivity index (χ4n) is 2.58. The molecule has 0 aromatic heterocycles. The van der Waals surface area contributed by atoms with Gasteiger partial charge in [-0.05, 0) is 38.5 Å². The first-order valence-electron chi connectivity index (χ1n) is 7.13. The Morgan fingerprint density at radius 2 is 1.82 bits per heavy atom. The third kappa shape index (κ3) is 3.75. The monoisotopic (exact) mass is 309 g/mol. The van der Waals surface area contributed by atoms with E-state index in [-0.39, 0.29) is 24.8 Å². The van der Waals surface area contributed by atoms with E-state index in [9.17, 15) is 19.1 Å². The van der Waals surface area contributed by atoms with E-state index in [2.05, 4.69) is 0 Å². The summed E-state index contributed by atoms with van der Waals surface area (Å²) in [5.74, 6) is -2.44. The van der Waals surface area contributed by atoms with Gasteiger partial charge in [-0.1, -0.05) is 12.1 Å². The maximum Gasteiger partial charge on any atom is 0.410 e. The van der Waals surface area contributed by atoms with Crippen molar-refractivity contribution < 1.29 is 23.8 Å². The van der Waals surface area contributed by atoms with Gasteiger partial charge in [0.15, 0.2) is 0 Å². The summed E-state index contributed by atoms with van der Waals surface area (Å²) >= 11 is 0. The summed E-state index contributed by atoms with van der Waals surface area (Å²) in [6.07, 6.45) is -0.525. The normalized spacial score (nSPS) is 21.7. The van der Waals surface area contributed by atoms with Gasteiger partial charge in [-0.15, -0.1) is 0 Å². The third-order valence-corrected chi connectivity index (χ3v) is 3.59. The summed E-state index contributed by atoms with van der Waals surface area (Å²) in [5, 5.41) is 9.38. The zero-order chi connectivity index (χ0) is 16.5. The first-order chi connectivity index (χ1) is 10.2. The van der Waals surface area contributed by atoms with Gasteiger partial charge in [-0.3, -0.25) is 4.79 Å². The molecule has 1 amide bonds. The summed E-state index contributed by atoms with van der Waals surface area (Å²) in [6, 6.07) is 5.72. The molecule has 2 atom stereocenters. The molecule has 1 fully saturated rings. The van der Waals surface area contributed by atoms with Gasteiger partial charge in [0.25, 0.3) is 0 Å². The second-order valence-corrected chi connectivity index (χ2v) is 6.49. The molecule has 0 radical (unpaired) electrons. The lowest BCUT2D eigenvalue weighted by Gasteiger charge is -2.24. The topological polar surface area (TPSA) is 66.8 Å². The maximum absolute atomic E-state index is 13.0. The lowest BCUT2D eigenvalue weighted by molar-refractivity contribution is -0.141. The van der Waals surface area contributed by atoms with Crippen molar-refractivity contribution in [2.24, 2.45) is 5.92 Å². The number of benzene rings is 1. The summed E-state index contributed by atoms with van der Waals surface area (Å²) in [4.78, 5) is 25.0. The highest BCUT2D eigenvalue weighted by Crippen LogP contribution is 2.33. The molecular weight excluding hydrogens is 289 g/mol. The van der Waals surface area contributed by atoms with E-state index < -0.39 is 23.6 Å². The van der Waals surface area contributed by atoms with Gasteiger partial charge in [-0.2, -0.15) is 0 Å². The smallest absolute Gasteiger partial charge is 0.410 e. The number of carboxylic acids is 1. The number of nitrogens with zero attached hydrogens (tertiary/aromatic N) is 1. The Balaban J connectivity index is 2.18. The van der Waals surface area contributed by atoms with Crippen molar-refractivity contribution in [3.8, 4) is 0 Å². The van der Waals surface area contributed by atoms with Gasteiger partial charge in [0.2, 0.25) is 0 Å². The Bertz CT molecular complexity index is 565.